The van der Waals surface area contributed by atoms with Gasteiger partial charge < -0.3 is 25.3 Å². The molecule has 4 aliphatic rings. The van der Waals surface area contributed by atoms with Crippen molar-refractivity contribution in [1.82, 2.24) is 15.2 Å². The number of hydrogen-bond acceptors (Lipinski definition) is 8. The highest BCUT2D eigenvalue weighted by Gasteiger charge is 2.60. The molecule has 166 valence electrons. The number of rotatable bonds is 7. The zero-order valence-corrected chi connectivity index (χ0v) is 18.8. The van der Waals surface area contributed by atoms with Crippen molar-refractivity contribution in [3.05, 3.63) is 21.7 Å². The number of aliphatic hydroxyl groups excluding tert-OH is 1. The Bertz CT molecular complexity index is 982. The van der Waals surface area contributed by atoms with Gasteiger partial charge in [0.05, 0.1) is 18.1 Å². The molecule has 1 aliphatic carbocycles. The van der Waals surface area contributed by atoms with Crippen molar-refractivity contribution >= 4 is 46.0 Å². The first-order chi connectivity index (χ1) is 14.8. The fraction of sp³-hybridized carbons (Fsp3) is 0.600. The lowest BCUT2D eigenvalue weighted by Crippen LogP contribution is -2.63. The Morgan fingerprint density at radius 3 is 2.68 bits per heavy atom. The number of carbonyl (C=O) groups is 3. The first-order valence-corrected chi connectivity index (χ1v) is 12.2. The predicted molar refractivity (Wildman–Crippen MR) is 116 cm³/mol. The number of nitrogens with one attached hydrogen (secondary N) is 1. The maximum atomic E-state index is 12.4. The summed E-state index contributed by atoms with van der Waals surface area (Å²) < 4.78 is 0. The van der Waals surface area contributed by atoms with Crippen LogP contribution < -0.4 is 10.2 Å². The van der Waals surface area contributed by atoms with Crippen LogP contribution in [0.4, 0.5) is 5.13 Å². The monoisotopic (exact) mass is 464 g/mol. The van der Waals surface area contributed by atoms with Crippen LogP contribution in [0.5, 0.6) is 0 Å². The fourth-order valence-electron chi connectivity index (χ4n) is 4.53. The molecule has 0 aromatic carbocycles. The number of thioether (sulfide) groups is 1. The van der Waals surface area contributed by atoms with E-state index in [1.54, 1.807) is 12.3 Å². The highest BCUT2D eigenvalue weighted by molar-refractivity contribution is 8.03. The van der Waals surface area contributed by atoms with Crippen molar-refractivity contribution in [2.45, 2.75) is 50.1 Å². The van der Waals surface area contributed by atoms with Crippen LogP contribution in [0.3, 0.4) is 0 Å². The lowest BCUT2D eigenvalue weighted by Gasteiger charge is -2.46. The van der Waals surface area contributed by atoms with Crippen LogP contribution in [0.15, 0.2) is 16.0 Å². The Morgan fingerprint density at radius 2 is 2.06 bits per heavy atom. The zero-order valence-electron chi connectivity index (χ0n) is 17.1. The van der Waals surface area contributed by atoms with E-state index in [1.165, 1.54) is 28.0 Å². The van der Waals surface area contributed by atoms with E-state index in [0.717, 1.165) is 18.0 Å². The average molecular weight is 465 g/mol. The van der Waals surface area contributed by atoms with Gasteiger partial charge in [-0.25, -0.2) is 9.78 Å². The molecule has 3 aliphatic heterocycles. The summed E-state index contributed by atoms with van der Waals surface area (Å²) in [6, 6.07) is 0.00246. The quantitative estimate of drug-likeness (QED) is 0.513. The Morgan fingerprint density at radius 1 is 1.35 bits per heavy atom. The first-order valence-electron chi connectivity index (χ1n) is 10.4. The van der Waals surface area contributed by atoms with Gasteiger partial charge in [-0.15, -0.1) is 23.1 Å². The van der Waals surface area contributed by atoms with Crippen LogP contribution in [0, 0.1) is 11.8 Å². The number of aromatic nitrogens is 1. The second-order valence-electron chi connectivity index (χ2n) is 8.68. The van der Waals surface area contributed by atoms with Crippen molar-refractivity contribution in [3.63, 3.8) is 0 Å². The molecule has 4 heterocycles. The van der Waals surface area contributed by atoms with Gasteiger partial charge in [-0.1, -0.05) is 6.92 Å². The molecule has 1 aromatic rings. The maximum Gasteiger partial charge on any atom is 0.353 e. The molecule has 1 aromatic heterocycles. The van der Waals surface area contributed by atoms with Crippen molar-refractivity contribution < 1.29 is 24.6 Å². The van der Waals surface area contributed by atoms with Crippen molar-refractivity contribution in [2.24, 2.45) is 11.8 Å². The van der Waals surface area contributed by atoms with Gasteiger partial charge in [0.2, 0.25) is 5.91 Å². The molecule has 9 nitrogen and oxygen atoms in total. The Balaban J connectivity index is 1.23. The fourth-order valence-corrected chi connectivity index (χ4v) is 6.87. The third-order valence-electron chi connectivity index (χ3n) is 6.36. The molecule has 4 atom stereocenters. The van der Waals surface area contributed by atoms with Gasteiger partial charge in [0.25, 0.3) is 5.91 Å². The summed E-state index contributed by atoms with van der Waals surface area (Å²) in [6.45, 7) is 4.90. The van der Waals surface area contributed by atoms with Gasteiger partial charge >= 0.3 is 5.97 Å². The average Bonchev–Trinajstić information content (AvgIpc) is 3.27. The van der Waals surface area contributed by atoms with Crippen LogP contribution in [0.1, 0.15) is 37.2 Å². The molecular weight excluding hydrogens is 440 g/mol. The lowest BCUT2D eigenvalue weighted by atomic mass is 9.79. The molecule has 3 fully saturated rings. The lowest BCUT2D eigenvalue weighted by molar-refractivity contribution is -0.163. The number of carbonyl (C=O) groups excluding carboxylic acids is 2. The molecule has 2 saturated heterocycles. The van der Waals surface area contributed by atoms with E-state index in [4.69, 9.17) is 0 Å². The van der Waals surface area contributed by atoms with E-state index in [0.29, 0.717) is 29.7 Å². The van der Waals surface area contributed by atoms with Gasteiger partial charge in [-0.05, 0) is 19.8 Å². The topological polar surface area (TPSA) is 123 Å². The van der Waals surface area contributed by atoms with Crippen LogP contribution >= 0.6 is 23.1 Å². The van der Waals surface area contributed by atoms with Gasteiger partial charge in [0.1, 0.15) is 11.4 Å². The minimum absolute atomic E-state index is 0.0659. The maximum absolute atomic E-state index is 12.4. The van der Waals surface area contributed by atoms with Crippen LogP contribution in [0.2, 0.25) is 0 Å². The standard InChI is InChI=1S/C20H24N4O5S2/c1-8-14-13(9(2)25)18(27)24(14)15(19(28)29)16(8)31-11-5-23(6-11)20-22-12(7-30-20)17(26)21-10-3-4-10/h7-11,13-14,25H,3-6H2,1-2H3,(H,21,26)(H,28,29)/t8-,9-,13?,14?/m1/s1. The van der Waals surface area contributed by atoms with Gasteiger partial charge in [0, 0.05) is 40.6 Å². The number of nitrogens with zero attached hydrogens (tertiary/aromatic N) is 3. The minimum Gasteiger partial charge on any atom is -0.477 e. The van der Waals surface area contributed by atoms with Crippen molar-refractivity contribution in [3.8, 4) is 0 Å². The van der Waals surface area contributed by atoms with Gasteiger partial charge in [0.15, 0.2) is 5.13 Å². The molecule has 0 radical (unpaired) electrons. The van der Waals surface area contributed by atoms with Gasteiger partial charge in [-0.3, -0.25) is 9.59 Å². The van der Waals surface area contributed by atoms with Crippen LogP contribution in [0.25, 0.3) is 0 Å². The smallest absolute Gasteiger partial charge is 0.353 e. The van der Waals surface area contributed by atoms with Crippen LogP contribution in [-0.2, 0) is 9.59 Å². The summed E-state index contributed by atoms with van der Waals surface area (Å²) in [5, 5.41) is 25.4. The second kappa shape index (κ2) is 7.49. The molecule has 2 unspecified atom stereocenters. The molecule has 0 bridgehead atoms. The van der Waals surface area contributed by atoms with E-state index < -0.39 is 18.0 Å². The van der Waals surface area contributed by atoms with Crippen molar-refractivity contribution in [2.75, 3.05) is 18.0 Å². The Labute approximate surface area is 187 Å². The number of aliphatic hydroxyl groups is 1. The number of carboxylic acids is 1. The third kappa shape index (κ3) is 3.42. The summed E-state index contributed by atoms with van der Waals surface area (Å²) in [5.74, 6) is -2.21. The van der Waals surface area contributed by atoms with E-state index in [1.807, 2.05) is 6.92 Å². The molecule has 2 amide bonds. The number of anilines is 1. The number of fused-ring (bicyclic) bond motifs is 1. The normalized spacial score (nSPS) is 28.9. The third-order valence-corrected chi connectivity index (χ3v) is 8.71. The number of amides is 2. The number of carboxylic acid groups (broad SMARTS) is 1. The predicted octanol–water partition coefficient (Wildman–Crippen LogP) is 1.11. The molecular formula is C20H24N4O5S2. The molecule has 3 N–H and O–H groups in total. The highest BCUT2D eigenvalue weighted by Crippen LogP contribution is 2.52. The molecule has 1 saturated carbocycles. The summed E-state index contributed by atoms with van der Waals surface area (Å²) in [5.41, 5.74) is 0.506. The van der Waals surface area contributed by atoms with Crippen molar-refractivity contribution in [1.29, 1.82) is 0 Å². The number of aliphatic carboxylic acids is 1. The summed E-state index contributed by atoms with van der Waals surface area (Å²) in [7, 11) is 0. The second-order valence-corrected chi connectivity index (χ2v) is 10.9. The summed E-state index contributed by atoms with van der Waals surface area (Å²) >= 11 is 2.94. The highest BCUT2D eigenvalue weighted by atomic mass is 32.2. The first kappa shape index (κ1) is 20.8. The van der Waals surface area contributed by atoms with E-state index in [9.17, 15) is 24.6 Å². The van der Waals surface area contributed by atoms with Gasteiger partial charge in [-0.2, -0.15) is 0 Å². The zero-order chi connectivity index (χ0) is 22.0. The Kier molecular flexibility index (Phi) is 5.02. The van der Waals surface area contributed by atoms with E-state index in [2.05, 4.69) is 15.2 Å². The van der Waals surface area contributed by atoms with E-state index >= 15 is 0 Å². The van der Waals surface area contributed by atoms with E-state index in [-0.39, 0.29) is 34.7 Å². The molecule has 11 heteroatoms. The summed E-state index contributed by atoms with van der Waals surface area (Å²) in [6.07, 6.45) is 1.26. The minimum atomic E-state index is -1.10. The summed E-state index contributed by atoms with van der Waals surface area (Å²) in [4.78, 5) is 45.1. The molecule has 5 rings (SSSR count). The molecule has 0 spiro atoms. The number of hydrogen-bond donors (Lipinski definition) is 3. The molecule has 31 heavy (non-hydrogen) atoms. The van der Waals surface area contributed by atoms with Crippen LogP contribution in [-0.4, -0.2) is 74.4 Å². The number of thiazole rings is 1. The SMILES string of the molecule is C[C@@H](O)C1C(=O)N2C(C(=O)O)=C(SC3CN(c4nc(C(=O)NC5CC5)cs4)C3)[C@H](C)C12. The largest absolute Gasteiger partial charge is 0.477 e. The number of β-lactam (4-membered cyclic amide) rings is 1. The Hall–Kier alpha value is -2.11.